The van der Waals surface area contributed by atoms with Gasteiger partial charge in [0.2, 0.25) is 0 Å². The lowest BCUT2D eigenvalue weighted by Crippen LogP contribution is -2.35. The Morgan fingerprint density at radius 3 is 2.45 bits per heavy atom. The normalized spacial score (nSPS) is 17.4. The maximum Gasteiger partial charge on any atom is 0.413 e. The first-order valence-electron chi connectivity index (χ1n) is 14.3. The van der Waals surface area contributed by atoms with E-state index < -0.39 is 23.2 Å². The third kappa shape index (κ3) is 5.30. The Hall–Kier alpha value is -4.35. The monoisotopic (exact) mass is 618 g/mol. The summed E-state index contributed by atoms with van der Waals surface area (Å²) in [5, 5.41) is 35.5. The second-order valence-corrected chi connectivity index (χ2v) is 13.3. The first-order chi connectivity index (χ1) is 20.8. The minimum Gasteiger partial charge on any atom is -0.383 e. The van der Waals surface area contributed by atoms with Crippen molar-refractivity contribution < 1.29 is 13.2 Å². The second kappa shape index (κ2) is 10.4. The average Bonchev–Trinajstić information content (AvgIpc) is 3.91. The van der Waals surface area contributed by atoms with E-state index in [-0.39, 0.29) is 24.0 Å². The largest absolute Gasteiger partial charge is 0.413 e. The molecule has 2 fully saturated rings. The Morgan fingerprint density at radius 1 is 1.09 bits per heavy atom. The van der Waals surface area contributed by atoms with E-state index in [2.05, 4.69) is 58.8 Å². The lowest BCUT2D eigenvalue weighted by Gasteiger charge is -2.23. The van der Waals surface area contributed by atoms with E-state index >= 15 is 0 Å². The van der Waals surface area contributed by atoms with Gasteiger partial charge in [0, 0.05) is 23.8 Å². The molecule has 2 heterocycles. The highest BCUT2D eigenvalue weighted by molar-refractivity contribution is 6.35. The predicted octanol–water partition coefficient (Wildman–Crippen LogP) is 7.62. The van der Waals surface area contributed by atoms with Crippen LogP contribution in [0.5, 0.6) is 0 Å². The van der Waals surface area contributed by atoms with Crippen molar-refractivity contribution in [2.45, 2.75) is 69.6 Å². The van der Waals surface area contributed by atoms with E-state index in [0.717, 1.165) is 23.1 Å². The van der Waals surface area contributed by atoms with Gasteiger partial charge < -0.3 is 10.6 Å². The van der Waals surface area contributed by atoms with Crippen molar-refractivity contribution in [2.75, 3.05) is 17.2 Å². The molecule has 226 valence electrons. The molecule has 8 nitrogen and oxygen atoms in total. The Morgan fingerprint density at radius 2 is 1.84 bits per heavy atom. The summed E-state index contributed by atoms with van der Waals surface area (Å²) in [6.45, 7) is 6.80. The zero-order valence-electron chi connectivity index (χ0n) is 24.4. The molecule has 2 aliphatic carbocycles. The summed E-state index contributed by atoms with van der Waals surface area (Å²) in [5.74, 6) is 0. The fraction of sp³-hybridized carbons (Fsp3) is 0.406. The van der Waals surface area contributed by atoms with Crippen molar-refractivity contribution in [1.29, 1.82) is 10.5 Å². The third-order valence-electron chi connectivity index (χ3n) is 8.39. The summed E-state index contributed by atoms with van der Waals surface area (Å²) >= 11 is 6.72. The fourth-order valence-corrected chi connectivity index (χ4v) is 5.72. The van der Waals surface area contributed by atoms with Gasteiger partial charge in [-0.1, -0.05) is 61.9 Å². The van der Waals surface area contributed by atoms with E-state index in [1.165, 1.54) is 12.4 Å². The molecule has 0 unspecified atom stereocenters. The van der Waals surface area contributed by atoms with Crippen molar-refractivity contribution in [2.24, 2.45) is 5.41 Å². The number of hydrogen-bond acceptors (Lipinski definition) is 7. The molecular weight excluding hydrogens is 589 g/mol. The van der Waals surface area contributed by atoms with Gasteiger partial charge in [0.15, 0.2) is 5.54 Å². The molecule has 44 heavy (non-hydrogen) atoms. The van der Waals surface area contributed by atoms with Crippen LogP contribution in [-0.2, 0) is 11.0 Å². The third-order valence-corrected chi connectivity index (χ3v) is 8.67. The summed E-state index contributed by atoms with van der Waals surface area (Å²) in [6.07, 6.45) is -0.262. The van der Waals surface area contributed by atoms with Gasteiger partial charge in [-0.15, -0.1) is 5.10 Å². The van der Waals surface area contributed by atoms with Crippen LogP contribution in [0.3, 0.4) is 0 Å². The van der Waals surface area contributed by atoms with Gasteiger partial charge in [0.25, 0.3) is 0 Å². The maximum atomic E-state index is 13.9. The van der Waals surface area contributed by atoms with Crippen molar-refractivity contribution >= 4 is 33.9 Å². The van der Waals surface area contributed by atoms with Crippen LogP contribution in [0.2, 0.25) is 5.02 Å². The van der Waals surface area contributed by atoms with E-state index in [9.17, 15) is 23.7 Å². The molecule has 12 heteroatoms. The first-order valence-corrected chi connectivity index (χ1v) is 14.7. The number of aromatic nitrogens is 4. The Balaban J connectivity index is 1.45. The van der Waals surface area contributed by atoms with Crippen LogP contribution in [0.4, 0.5) is 24.5 Å². The number of nitrogens with zero attached hydrogens (tertiary/aromatic N) is 6. The predicted molar refractivity (Wildman–Crippen MR) is 161 cm³/mol. The van der Waals surface area contributed by atoms with E-state index in [1.807, 2.05) is 30.3 Å². The molecule has 1 atom stereocenters. The van der Waals surface area contributed by atoms with E-state index in [4.69, 9.17) is 11.6 Å². The molecule has 0 saturated heterocycles. The highest BCUT2D eigenvalue weighted by Crippen LogP contribution is 2.55. The van der Waals surface area contributed by atoms with Gasteiger partial charge in [0.05, 0.1) is 45.5 Å². The molecule has 2 aromatic heterocycles. The van der Waals surface area contributed by atoms with E-state index in [1.54, 1.807) is 6.07 Å². The van der Waals surface area contributed by atoms with Gasteiger partial charge in [0.1, 0.15) is 11.8 Å². The number of alkyl halides is 3. The molecule has 0 spiro atoms. The molecule has 6 rings (SSSR count). The average molecular weight is 619 g/mol. The lowest BCUT2D eigenvalue weighted by atomic mass is 9.93. The van der Waals surface area contributed by atoms with E-state index in [0.29, 0.717) is 45.0 Å². The van der Waals surface area contributed by atoms with Crippen molar-refractivity contribution in [3.63, 3.8) is 0 Å². The molecule has 0 bridgehead atoms. The summed E-state index contributed by atoms with van der Waals surface area (Å²) in [5.41, 5.74) is 1.13. The summed E-state index contributed by atoms with van der Waals surface area (Å²) in [4.78, 5) is 4.42. The molecule has 0 amide bonds. The first kappa shape index (κ1) is 29.7. The number of pyridine rings is 1. The van der Waals surface area contributed by atoms with Crippen LogP contribution in [0.15, 0.2) is 48.8 Å². The number of benzene rings is 2. The minimum atomic E-state index is -4.46. The molecular formula is C32H30ClF3N8. The highest BCUT2D eigenvalue weighted by Gasteiger charge is 2.66. The standard InChI is InChI=1S/C32H30ClF3N8/c1-29(2,3)18-40-26-20(14-37)15-39-28-23(26)12-22(13-24(28)33)41-27(19-5-4-6-21(11-19)30(17-38)7-8-30)25-16-44(43-42-25)31(9-10-31)32(34,35)36/h4-6,11-13,15-16,27,41H,7-10,18H2,1-3H3,(H,39,40)/t27-/m0/s1. The number of fused-ring (bicyclic) bond motifs is 1. The SMILES string of the molecule is CC(C)(C)CNc1c(C#N)cnc2c(Cl)cc(N[C@@H](c3cccc(C4(C#N)CC4)c3)c3cn(C4(C(F)(F)F)CC4)nn3)cc12. The van der Waals surface area contributed by atoms with Crippen molar-refractivity contribution in [3.8, 4) is 12.1 Å². The smallest absolute Gasteiger partial charge is 0.383 e. The van der Waals surface area contributed by atoms with Crippen LogP contribution < -0.4 is 10.6 Å². The topological polar surface area (TPSA) is 115 Å². The number of hydrogen-bond donors (Lipinski definition) is 2. The molecule has 2 aromatic carbocycles. The Kier molecular flexibility index (Phi) is 7.01. The number of nitrogens with one attached hydrogen (secondary N) is 2. The molecule has 2 saturated carbocycles. The fourth-order valence-electron chi connectivity index (χ4n) is 5.45. The summed E-state index contributed by atoms with van der Waals surface area (Å²) < 4.78 is 42.7. The molecule has 0 aliphatic heterocycles. The van der Waals surface area contributed by atoms with Crippen LogP contribution in [-0.4, -0.2) is 32.7 Å². The van der Waals surface area contributed by atoms with Gasteiger partial charge >= 0.3 is 6.18 Å². The molecule has 2 aliphatic rings. The van der Waals surface area contributed by atoms with Crippen LogP contribution >= 0.6 is 11.6 Å². The quantitative estimate of drug-likeness (QED) is 0.209. The number of nitriles is 2. The van der Waals surface area contributed by atoms with Crippen molar-refractivity contribution in [1.82, 2.24) is 20.0 Å². The summed E-state index contributed by atoms with van der Waals surface area (Å²) in [7, 11) is 0. The van der Waals surface area contributed by atoms with Gasteiger partial charge in [-0.3, -0.25) is 4.98 Å². The maximum absolute atomic E-state index is 13.9. The number of halogens is 4. The van der Waals surface area contributed by atoms with Gasteiger partial charge in [-0.2, -0.15) is 23.7 Å². The summed E-state index contributed by atoms with van der Waals surface area (Å²) in [6, 6.07) is 14.9. The Labute approximate surface area is 257 Å². The Bertz CT molecular complexity index is 1840. The lowest BCUT2D eigenvalue weighted by molar-refractivity contribution is -0.182. The van der Waals surface area contributed by atoms with Crippen LogP contribution in [0, 0.1) is 28.1 Å². The van der Waals surface area contributed by atoms with Crippen LogP contribution in [0.1, 0.15) is 74.9 Å². The highest BCUT2D eigenvalue weighted by atomic mass is 35.5. The number of rotatable bonds is 8. The zero-order chi connectivity index (χ0) is 31.5. The second-order valence-electron chi connectivity index (χ2n) is 12.9. The minimum absolute atomic E-state index is 0.0591. The molecule has 4 aromatic rings. The van der Waals surface area contributed by atoms with Gasteiger partial charge in [-0.05, 0) is 54.4 Å². The molecule has 0 radical (unpaired) electrons. The number of anilines is 2. The molecule has 2 N–H and O–H groups in total. The zero-order valence-corrected chi connectivity index (χ0v) is 25.2. The van der Waals surface area contributed by atoms with Crippen molar-refractivity contribution in [3.05, 3.63) is 76.2 Å². The van der Waals surface area contributed by atoms with Gasteiger partial charge in [-0.25, -0.2) is 4.68 Å². The van der Waals surface area contributed by atoms with Crippen LogP contribution in [0.25, 0.3) is 10.9 Å².